The number of halogens is 1. The molecule has 2 unspecified atom stereocenters. The third kappa shape index (κ3) is 5.03. The average Bonchev–Trinajstić information content (AvgIpc) is 3.19. The molecule has 0 bridgehead atoms. The van der Waals surface area contributed by atoms with Gasteiger partial charge in [0.05, 0.1) is 5.69 Å². The lowest BCUT2D eigenvalue weighted by Gasteiger charge is -2.36. The monoisotopic (exact) mass is 400 g/mol. The summed E-state index contributed by atoms with van der Waals surface area (Å²) < 4.78 is 18.6. The zero-order valence-electron chi connectivity index (χ0n) is 16.9. The van der Waals surface area contributed by atoms with E-state index in [0.29, 0.717) is 24.0 Å². The Morgan fingerprint density at radius 3 is 2.72 bits per heavy atom. The number of piperazine rings is 1. The summed E-state index contributed by atoms with van der Waals surface area (Å²) in [7, 11) is 2.10. The number of hydrogen-bond acceptors (Lipinski definition) is 5. The number of aromatic nitrogens is 1. The summed E-state index contributed by atoms with van der Waals surface area (Å²) in [5.74, 6) is 1.37. The van der Waals surface area contributed by atoms with Gasteiger partial charge in [0.25, 0.3) is 0 Å². The maximum Gasteiger partial charge on any atom is 0.222 e. The standard InChI is InChI=1S/C22H29FN4O2/c1-26-8-10-27(11-9-26)22(28)13-17-6-7-24-15-18(17)12-20-14-21(29-25-20)16-2-4-19(23)5-3-16/h2-5,14,17-18,24H,6-13,15H2,1H3. The highest BCUT2D eigenvalue weighted by Gasteiger charge is 2.30. The topological polar surface area (TPSA) is 61.6 Å². The molecule has 1 amide bonds. The molecule has 29 heavy (non-hydrogen) atoms. The van der Waals surface area contributed by atoms with Gasteiger partial charge in [-0.05, 0) is 69.1 Å². The molecule has 6 nitrogen and oxygen atoms in total. The molecule has 2 fully saturated rings. The Bertz CT molecular complexity index is 814. The second kappa shape index (κ2) is 9.05. The summed E-state index contributed by atoms with van der Waals surface area (Å²) in [5.41, 5.74) is 1.70. The Morgan fingerprint density at radius 2 is 1.97 bits per heavy atom. The summed E-state index contributed by atoms with van der Waals surface area (Å²) >= 11 is 0. The van der Waals surface area contributed by atoms with Crippen LogP contribution in [-0.4, -0.2) is 67.2 Å². The highest BCUT2D eigenvalue weighted by Crippen LogP contribution is 2.28. The molecule has 1 aromatic carbocycles. The first-order valence-electron chi connectivity index (χ1n) is 10.5. The van der Waals surface area contributed by atoms with E-state index < -0.39 is 0 Å². The number of nitrogens with zero attached hydrogens (tertiary/aromatic N) is 3. The Hall–Kier alpha value is -2.25. The summed E-state index contributed by atoms with van der Waals surface area (Å²) in [6, 6.07) is 8.16. The van der Waals surface area contributed by atoms with Crippen LogP contribution in [0.1, 0.15) is 18.5 Å². The molecule has 1 aromatic heterocycles. The molecule has 156 valence electrons. The van der Waals surface area contributed by atoms with Gasteiger partial charge in [-0.25, -0.2) is 4.39 Å². The molecule has 3 heterocycles. The lowest BCUT2D eigenvalue weighted by atomic mass is 9.81. The average molecular weight is 400 g/mol. The number of amides is 1. The van der Waals surface area contributed by atoms with Crippen LogP contribution in [0.15, 0.2) is 34.9 Å². The van der Waals surface area contributed by atoms with E-state index >= 15 is 0 Å². The molecule has 0 spiro atoms. The summed E-state index contributed by atoms with van der Waals surface area (Å²) in [6.07, 6.45) is 2.39. The molecule has 2 aromatic rings. The van der Waals surface area contributed by atoms with Gasteiger partial charge in [0, 0.05) is 44.2 Å². The van der Waals surface area contributed by atoms with Crippen LogP contribution in [0.4, 0.5) is 4.39 Å². The van der Waals surface area contributed by atoms with Gasteiger partial charge in [-0.3, -0.25) is 4.79 Å². The van der Waals surface area contributed by atoms with E-state index in [9.17, 15) is 9.18 Å². The number of piperidine rings is 1. The maximum absolute atomic E-state index is 13.1. The Morgan fingerprint density at radius 1 is 1.21 bits per heavy atom. The quantitative estimate of drug-likeness (QED) is 0.835. The van der Waals surface area contributed by atoms with Crippen molar-refractivity contribution in [1.82, 2.24) is 20.3 Å². The SMILES string of the molecule is CN1CCN(C(=O)CC2CCNCC2Cc2cc(-c3ccc(F)cc3)on2)CC1. The van der Waals surface area contributed by atoms with Crippen molar-refractivity contribution in [3.63, 3.8) is 0 Å². The lowest BCUT2D eigenvalue weighted by molar-refractivity contribution is -0.134. The van der Waals surface area contributed by atoms with Crippen LogP contribution in [0.5, 0.6) is 0 Å². The van der Waals surface area contributed by atoms with Crippen LogP contribution in [0.2, 0.25) is 0 Å². The van der Waals surface area contributed by atoms with Crippen molar-refractivity contribution < 1.29 is 13.7 Å². The molecule has 4 rings (SSSR count). The van der Waals surface area contributed by atoms with Crippen molar-refractivity contribution >= 4 is 5.91 Å². The first-order valence-corrected chi connectivity index (χ1v) is 10.5. The fraction of sp³-hybridized carbons (Fsp3) is 0.545. The number of benzene rings is 1. The van der Waals surface area contributed by atoms with Crippen LogP contribution in [-0.2, 0) is 11.2 Å². The molecule has 1 N–H and O–H groups in total. The third-order valence-electron chi connectivity index (χ3n) is 6.22. The van der Waals surface area contributed by atoms with E-state index in [4.69, 9.17) is 4.52 Å². The molecule has 0 saturated carbocycles. The Kier molecular flexibility index (Phi) is 6.25. The minimum absolute atomic E-state index is 0.269. The highest BCUT2D eigenvalue weighted by atomic mass is 19.1. The van der Waals surface area contributed by atoms with Gasteiger partial charge in [0.15, 0.2) is 5.76 Å². The van der Waals surface area contributed by atoms with Crippen molar-refractivity contribution in [1.29, 1.82) is 0 Å². The number of carbonyl (C=O) groups is 1. The fourth-order valence-corrected chi connectivity index (χ4v) is 4.32. The van der Waals surface area contributed by atoms with Crippen LogP contribution in [0.25, 0.3) is 11.3 Å². The smallest absolute Gasteiger partial charge is 0.222 e. The van der Waals surface area contributed by atoms with Gasteiger partial charge in [-0.2, -0.15) is 0 Å². The first-order chi connectivity index (χ1) is 14.1. The third-order valence-corrected chi connectivity index (χ3v) is 6.22. The molecule has 2 aliphatic rings. The van der Waals surface area contributed by atoms with E-state index in [1.807, 2.05) is 11.0 Å². The van der Waals surface area contributed by atoms with Crippen molar-refractivity contribution in [2.24, 2.45) is 11.8 Å². The van der Waals surface area contributed by atoms with Gasteiger partial charge in [-0.15, -0.1) is 0 Å². The van der Waals surface area contributed by atoms with Crippen LogP contribution >= 0.6 is 0 Å². The number of nitrogens with one attached hydrogen (secondary N) is 1. The summed E-state index contributed by atoms with van der Waals surface area (Å²) in [5, 5.41) is 7.68. The zero-order valence-corrected chi connectivity index (χ0v) is 16.9. The minimum Gasteiger partial charge on any atom is -0.356 e. The number of hydrogen-bond donors (Lipinski definition) is 1. The molecular formula is C22H29FN4O2. The van der Waals surface area contributed by atoms with E-state index in [0.717, 1.165) is 63.4 Å². The fourth-order valence-electron chi connectivity index (χ4n) is 4.32. The van der Waals surface area contributed by atoms with Gasteiger partial charge in [0.1, 0.15) is 5.82 Å². The second-order valence-electron chi connectivity index (χ2n) is 8.29. The Balaban J connectivity index is 1.38. The summed E-state index contributed by atoms with van der Waals surface area (Å²) in [4.78, 5) is 17.1. The highest BCUT2D eigenvalue weighted by molar-refractivity contribution is 5.76. The Labute approximate surface area is 171 Å². The van der Waals surface area contributed by atoms with Crippen molar-refractivity contribution in [2.45, 2.75) is 19.3 Å². The van der Waals surface area contributed by atoms with Gasteiger partial charge >= 0.3 is 0 Å². The van der Waals surface area contributed by atoms with Crippen molar-refractivity contribution in [2.75, 3.05) is 46.3 Å². The number of likely N-dealkylation sites (N-methyl/N-ethyl adjacent to an activating group) is 1. The molecule has 0 radical (unpaired) electrons. The zero-order chi connectivity index (χ0) is 20.2. The van der Waals surface area contributed by atoms with Crippen molar-refractivity contribution in [3.8, 4) is 11.3 Å². The summed E-state index contributed by atoms with van der Waals surface area (Å²) in [6.45, 7) is 5.40. The van der Waals surface area contributed by atoms with E-state index in [-0.39, 0.29) is 11.7 Å². The maximum atomic E-state index is 13.1. The van der Waals surface area contributed by atoms with Gasteiger partial charge in [0.2, 0.25) is 5.91 Å². The normalized spacial score (nSPS) is 23.3. The second-order valence-corrected chi connectivity index (χ2v) is 8.29. The lowest BCUT2D eigenvalue weighted by Crippen LogP contribution is -2.48. The van der Waals surface area contributed by atoms with E-state index in [1.165, 1.54) is 12.1 Å². The molecule has 7 heteroatoms. The molecule has 2 aliphatic heterocycles. The van der Waals surface area contributed by atoms with Gasteiger partial charge in [-0.1, -0.05) is 5.16 Å². The minimum atomic E-state index is -0.269. The van der Waals surface area contributed by atoms with Crippen LogP contribution < -0.4 is 5.32 Å². The van der Waals surface area contributed by atoms with Crippen LogP contribution in [0.3, 0.4) is 0 Å². The predicted octanol–water partition coefficient (Wildman–Crippen LogP) is 2.41. The van der Waals surface area contributed by atoms with E-state index in [2.05, 4.69) is 22.4 Å². The molecular weight excluding hydrogens is 371 g/mol. The molecule has 0 aliphatic carbocycles. The molecule has 2 atom stereocenters. The van der Waals surface area contributed by atoms with Gasteiger partial charge < -0.3 is 19.6 Å². The predicted molar refractivity (Wildman–Crippen MR) is 109 cm³/mol. The van der Waals surface area contributed by atoms with Crippen molar-refractivity contribution in [3.05, 3.63) is 41.8 Å². The number of carbonyl (C=O) groups excluding carboxylic acids is 1. The van der Waals surface area contributed by atoms with Crippen LogP contribution in [0, 0.1) is 17.7 Å². The first kappa shape index (κ1) is 20.0. The molecule has 2 saturated heterocycles. The van der Waals surface area contributed by atoms with E-state index in [1.54, 1.807) is 12.1 Å². The largest absolute Gasteiger partial charge is 0.356 e. The number of rotatable bonds is 5.